The fourth-order valence-electron chi connectivity index (χ4n) is 4.05. The minimum Gasteiger partial charge on any atom is -0.481 e. The van der Waals surface area contributed by atoms with Crippen LogP contribution in [0.15, 0.2) is 48.8 Å². The molecule has 0 saturated heterocycles. The molecule has 2 N–H and O–H groups in total. The molecular formula is C23H22F2N4O2. The van der Waals surface area contributed by atoms with Gasteiger partial charge in [0.2, 0.25) is 5.95 Å². The molecule has 0 atom stereocenters. The molecule has 160 valence electrons. The number of nitrogens with one attached hydrogen (secondary N) is 1. The summed E-state index contributed by atoms with van der Waals surface area (Å²) in [4.78, 5) is 23.8. The number of aromatic nitrogens is 3. The van der Waals surface area contributed by atoms with Crippen molar-refractivity contribution in [1.82, 2.24) is 15.0 Å². The van der Waals surface area contributed by atoms with Crippen molar-refractivity contribution >= 4 is 11.9 Å². The molecule has 0 amide bonds. The van der Waals surface area contributed by atoms with Gasteiger partial charge in [0.05, 0.1) is 17.8 Å². The molecule has 2 aromatic heterocycles. The van der Waals surface area contributed by atoms with Crippen LogP contribution in [0.5, 0.6) is 0 Å². The molecular weight excluding hydrogens is 402 g/mol. The van der Waals surface area contributed by atoms with Crippen LogP contribution >= 0.6 is 0 Å². The maximum Gasteiger partial charge on any atom is 0.307 e. The summed E-state index contributed by atoms with van der Waals surface area (Å²) in [6.45, 7) is 2.13. The van der Waals surface area contributed by atoms with Crippen molar-refractivity contribution < 1.29 is 18.7 Å². The summed E-state index contributed by atoms with van der Waals surface area (Å²) in [6, 6.07) is 10.1. The van der Waals surface area contributed by atoms with E-state index in [0.29, 0.717) is 11.5 Å². The standard InChI is InChI=1S/C23H22F2N4O2/c1-14-18(16-6-4-15(5-7-16)9-20(30)31)12-27-22(29-14)28-13-23(10-17(24)11-23)21-19(25)3-2-8-26-21/h2-8,12,17H,9-11,13H2,1H3,(H,30,31)(H,27,28,29). The quantitative estimate of drug-likeness (QED) is 0.594. The summed E-state index contributed by atoms with van der Waals surface area (Å²) in [7, 11) is 0. The highest BCUT2D eigenvalue weighted by Crippen LogP contribution is 2.45. The molecule has 0 bridgehead atoms. The minimum absolute atomic E-state index is 0.0308. The predicted molar refractivity (Wildman–Crippen MR) is 112 cm³/mol. The molecule has 1 aliphatic carbocycles. The Hall–Kier alpha value is -3.42. The maximum absolute atomic E-state index is 14.3. The first-order valence-corrected chi connectivity index (χ1v) is 10.00. The fourth-order valence-corrected chi connectivity index (χ4v) is 4.05. The number of carbonyl (C=O) groups is 1. The molecule has 3 aromatic rings. The molecule has 0 radical (unpaired) electrons. The summed E-state index contributed by atoms with van der Waals surface area (Å²) in [5.41, 5.74) is 2.70. The Morgan fingerprint density at radius 1 is 1.23 bits per heavy atom. The molecule has 0 unspecified atom stereocenters. The molecule has 8 heteroatoms. The van der Waals surface area contributed by atoms with E-state index in [1.807, 2.05) is 19.1 Å². The summed E-state index contributed by atoms with van der Waals surface area (Å²) in [6.07, 6.45) is 2.60. The second-order valence-corrected chi connectivity index (χ2v) is 7.93. The highest BCUT2D eigenvalue weighted by molar-refractivity contribution is 5.71. The second-order valence-electron chi connectivity index (χ2n) is 7.93. The van der Waals surface area contributed by atoms with Gasteiger partial charge < -0.3 is 10.4 Å². The van der Waals surface area contributed by atoms with E-state index >= 15 is 0 Å². The lowest BCUT2D eigenvalue weighted by Gasteiger charge is -2.43. The Balaban J connectivity index is 1.49. The van der Waals surface area contributed by atoms with Crippen molar-refractivity contribution in [2.45, 2.75) is 37.8 Å². The van der Waals surface area contributed by atoms with Gasteiger partial charge in [-0.05, 0) is 43.0 Å². The highest BCUT2D eigenvalue weighted by Gasteiger charge is 2.48. The van der Waals surface area contributed by atoms with Gasteiger partial charge in [0.25, 0.3) is 0 Å². The lowest BCUT2D eigenvalue weighted by atomic mass is 9.65. The minimum atomic E-state index is -0.975. The largest absolute Gasteiger partial charge is 0.481 e. The van der Waals surface area contributed by atoms with Gasteiger partial charge in [-0.1, -0.05) is 24.3 Å². The lowest BCUT2D eigenvalue weighted by Crippen LogP contribution is -2.49. The van der Waals surface area contributed by atoms with Gasteiger partial charge in [0.1, 0.15) is 12.0 Å². The van der Waals surface area contributed by atoms with Gasteiger partial charge in [-0.2, -0.15) is 0 Å². The number of hydrogen-bond acceptors (Lipinski definition) is 5. The summed E-state index contributed by atoms with van der Waals surface area (Å²) >= 11 is 0. The third-order valence-electron chi connectivity index (χ3n) is 5.67. The Kier molecular flexibility index (Phi) is 5.63. The zero-order valence-corrected chi connectivity index (χ0v) is 17.0. The number of anilines is 1. The first kappa shape index (κ1) is 20.8. The molecule has 6 nitrogen and oxygen atoms in total. The van der Waals surface area contributed by atoms with E-state index in [0.717, 1.165) is 16.8 Å². The van der Waals surface area contributed by atoms with Gasteiger partial charge in [0.15, 0.2) is 0 Å². The summed E-state index contributed by atoms with van der Waals surface area (Å²) < 4.78 is 28.0. The number of aliphatic carboxylic acids is 1. The van der Waals surface area contributed by atoms with E-state index < -0.39 is 23.4 Å². The topological polar surface area (TPSA) is 88.0 Å². The number of carboxylic acid groups (broad SMARTS) is 1. The third kappa shape index (κ3) is 4.38. The Morgan fingerprint density at radius 2 is 1.97 bits per heavy atom. The van der Waals surface area contributed by atoms with Crippen LogP contribution in [0.25, 0.3) is 11.1 Å². The third-order valence-corrected chi connectivity index (χ3v) is 5.67. The molecule has 2 heterocycles. The average Bonchev–Trinajstić information content (AvgIpc) is 2.71. The van der Waals surface area contributed by atoms with Crippen molar-refractivity contribution in [2.24, 2.45) is 0 Å². The molecule has 1 aliphatic rings. The number of aryl methyl sites for hydroxylation is 1. The summed E-state index contributed by atoms with van der Waals surface area (Å²) in [5.74, 6) is -0.937. The van der Waals surface area contributed by atoms with Crippen molar-refractivity contribution in [3.8, 4) is 11.1 Å². The molecule has 0 spiro atoms. The number of alkyl halides is 1. The van der Waals surface area contributed by atoms with Crippen molar-refractivity contribution in [1.29, 1.82) is 0 Å². The van der Waals surface area contributed by atoms with Gasteiger partial charge in [0, 0.05) is 29.9 Å². The van der Waals surface area contributed by atoms with Crippen LogP contribution in [0.2, 0.25) is 0 Å². The van der Waals surface area contributed by atoms with Crippen molar-refractivity contribution in [3.63, 3.8) is 0 Å². The highest BCUT2D eigenvalue weighted by atomic mass is 19.1. The van der Waals surface area contributed by atoms with Crippen molar-refractivity contribution in [2.75, 3.05) is 11.9 Å². The SMILES string of the molecule is Cc1nc(NCC2(c3ncccc3F)CC(F)C2)ncc1-c1ccc(CC(=O)O)cc1. The zero-order chi connectivity index (χ0) is 22.0. The molecule has 1 saturated carbocycles. The van der Waals surface area contributed by atoms with Gasteiger partial charge in [-0.25, -0.2) is 18.7 Å². The van der Waals surface area contributed by atoms with Crippen LogP contribution in [0, 0.1) is 12.7 Å². The van der Waals surface area contributed by atoms with E-state index in [1.54, 1.807) is 18.3 Å². The van der Waals surface area contributed by atoms with Crippen LogP contribution in [0.1, 0.15) is 29.8 Å². The second kappa shape index (κ2) is 8.37. The Morgan fingerprint density at radius 3 is 2.58 bits per heavy atom. The number of hydrogen-bond donors (Lipinski definition) is 2. The fraction of sp³-hybridized carbons (Fsp3) is 0.304. The Labute approximate surface area is 178 Å². The van der Waals surface area contributed by atoms with Crippen LogP contribution < -0.4 is 5.32 Å². The lowest BCUT2D eigenvalue weighted by molar-refractivity contribution is -0.136. The van der Waals surface area contributed by atoms with Gasteiger partial charge in [-0.3, -0.25) is 9.78 Å². The number of nitrogens with zero attached hydrogens (tertiary/aromatic N) is 3. The smallest absolute Gasteiger partial charge is 0.307 e. The van der Waals surface area contributed by atoms with E-state index in [2.05, 4.69) is 20.3 Å². The van der Waals surface area contributed by atoms with Crippen molar-refractivity contribution in [3.05, 3.63) is 71.6 Å². The van der Waals surface area contributed by atoms with E-state index in [1.165, 1.54) is 18.3 Å². The van der Waals surface area contributed by atoms with Gasteiger partial charge >= 0.3 is 5.97 Å². The van der Waals surface area contributed by atoms with E-state index in [9.17, 15) is 13.6 Å². The average molecular weight is 424 g/mol. The first-order valence-electron chi connectivity index (χ1n) is 10.00. The van der Waals surface area contributed by atoms with E-state index in [-0.39, 0.29) is 31.5 Å². The predicted octanol–water partition coefficient (Wildman–Crippen LogP) is 4.10. The number of rotatable bonds is 7. The normalized spacial score (nSPS) is 20.2. The molecule has 1 fully saturated rings. The summed E-state index contributed by atoms with van der Waals surface area (Å²) in [5, 5.41) is 12.0. The van der Waals surface area contributed by atoms with Crippen LogP contribution in [0.3, 0.4) is 0 Å². The van der Waals surface area contributed by atoms with E-state index in [4.69, 9.17) is 5.11 Å². The molecule has 1 aromatic carbocycles. The first-order chi connectivity index (χ1) is 14.9. The monoisotopic (exact) mass is 424 g/mol. The molecule has 0 aliphatic heterocycles. The number of benzene rings is 1. The van der Waals surface area contributed by atoms with Crippen LogP contribution in [-0.2, 0) is 16.6 Å². The van der Waals surface area contributed by atoms with Gasteiger partial charge in [-0.15, -0.1) is 0 Å². The maximum atomic E-state index is 14.3. The Bertz CT molecular complexity index is 1100. The number of carboxylic acids is 1. The van der Waals surface area contributed by atoms with Crippen LogP contribution in [0.4, 0.5) is 14.7 Å². The van der Waals surface area contributed by atoms with Crippen LogP contribution in [-0.4, -0.2) is 38.7 Å². The molecule has 31 heavy (non-hydrogen) atoms. The number of pyridine rings is 1. The number of halogens is 2. The molecule has 4 rings (SSSR count). The zero-order valence-electron chi connectivity index (χ0n) is 17.0.